The van der Waals surface area contributed by atoms with Crippen LogP contribution in [0.25, 0.3) is 0 Å². The van der Waals surface area contributed by atoms with E-state index in [1.165, 1.54) is 0 Å². The molecule has 0 saturated heterocycles. The summed E-state index contributed by atoms with van der Waals surface area (Å²) in [4.78, 5) is 4.18. The fourth-order valence-electron chi connectivity index (χ4n) is 1.86. The van der Waals surface area contributed by atoms with Gasteiger partial charge in [0.15, 0.2) is 0 Å². The van der Waals surface area contributed by atoms with E-state index in [2.05, 4.69) is 33.7 Å². The van der Waals surface area contributed by atoms with Gasteiger partial charge in [0.05, 0.1) is 30.5 Å². The van der Waals surface area contributed by atoms with Gasteiger partial charge in [-0.05, 0) is 26.7 Å². The molecule has 0 aliphatic heterocycles. The van der Waals surface area contributed by atoms with Crippen LogP contribution in [-0.2, 0) is 13.0 Å². The minimum atomic E-state index is 0.404. The summed E-state index contributed by atoms with van der Waals surface area (Å²) in [5.41, 5.74) is 2.13. The van der Waals surface area contributed by atoms with E-state index < -0.39 is 0 Å². The van der Waals surface area contributed by atoms with Crippen LogP contribution < -0.4 is 0 Å². The summed E-state index contributed by atoms with van der Waals surface area (Å²) in [5.74, 6) is 0.660. The number of hydrogen-bond donors (Lipinski definition) is 0. The molecule has 0 unspecified atom stereocenters. The summed E-state index contributed by atoms with van der Waals surface area (Å²) in [6, 6.07) is 0.404. The minimum absolute atomic E-state index is 0.404. The van der Waals surface area contributed by atoms with E-state index in [0.29, 0.717) is 18.5 Å². The van der Waals surface area contributed by atoms with Crippen LogP contribution in [0.2, 0.25) is 0 Å². The van der Waals surface area contributed by atoms with Gasteiger partial charge in [0, 0.05) is 18.1 Å². The number of rotatable bonds is 6. The van der Waals surface area contributed by atoms with Crippen LogP contribution in [0, 0.1) is 0 Å². The quantitative estimate of drug-likeness (QED) is 0.755. The lowest BCUT2D eigenvalue weighted by molar-refractivity contribution is 0.541. The van der Waals surface area contributed by atoms with Crippen molar-refractivity contribution in [2.75, 3.05) is 5.88 Å². The second kappa shape index (κ2) is 6.00. The maximum absolute atomic E-state index is 5.66. The maximum atomic E-state index is 5.66. The first-order valence-electron chi connectivity index (χ1n) is 6.16. The van der Waals surface area contributed by atoms with E-state index in [4.69, 9.17) is 11.6 Å². The van der Waals surface area contributed by atoms with Gasteiger partial charge in [-0.25, -0.2) is 9.67 Å². The van der Waals surface area contributed by atoms with Gasteiger partial charge in [-0.2, -0.15) is 0 Å². The molecule has 2 aromatic heterocycles. The predicted octanol–water partition coefficient (Wildman–Crippen LogP) is 2.28. The molecule has 0 radical (unpaired) electrons. The fraction of sp³-hybridized carbons (Fsp3) is 0.583. The SMILES string of the molecule is CC(C)n1cncc1Cn1cc(CCCCl)nn1. The van der Waals surface area contributed by atoms with Gasteiger partial charge in [-0.1, -0.05) is 5.21 Å². The third-order valence-corrected chi connectivity index (χ3v) is 3.05. The molecule has 0 atom stereocenters. The summed E-state index contributed by atoms with van der Waals surface area (Å²) < 4.78 is 3.99. The van der Waals surface area contributed by atoms with Crippen LogP contribution >= 0.6 is 11.6 Å². The first-order valence-corrected chi connectivity index (χ1v) is 6.70. The second-order valence-corrected chi connectivity index (χ2v) is 4.96. The Morgan fingerprint density at radius 3 is 2.94 bits per heavy atom. The van der Waals surface area contributed by atoms with E-state index in [1.54, 1.807) is 0 Å². The molecule has 6 heteroatoms. The highest BCUT2D eigenvalue weighted by atomic mass is 35.5. The third-order valence-electron chi connectivity index (χ3n) is 2.78. The van der Waals surface area contributed by atoms with Crippen LogP contribution in [-0.4, -0.2) is 30.4 Å². The number of imidazole rings is 1. The summed E-state index contributed by atoms with van der Waals surface area (Å²) in [7, 11) is 0. The van der Waals surface area contributed by atoms with Crippen molar-refractivity contribution >= 4 is 11.6 Å². The van der Waals surface area contributed by atoms with Crippen molar-refractivity contribution in [3.8, 4) is 0 Å². The zero-order chi connectivity index (χ0) is 13.0. The van der Waals surface area contributed by atoms with E-state index in [-0.39, 0.29) is 0 Å². The largest absolute Gasteiger partial charge is 0.330 e. The lowest BCUT2D eigenvalue weighted by Gasteiger charge is -2.11. The van der Waals surface area contributed by atoms with Crippen molar-refractivity contribution in [1.82, 2.24) is 24.5 Å². The zero-order valence-electron chi connectivity index (χ0n) is 10.8. The average molecular weight is 268 g/mol. The van der Waals surface area contributed by atoms with Gasteiger partial charge in [0.2, 0.25) is 0 Å². The van der Waals surface area contributed by atoms with Crippen LogP contribution in [0.5, 0.6) is 0 Å². The van der Waals surface area contributed by atoms with E-state index in [0.717, 1.165) is 24.2 Å². The number of aryl methyl sites for hydroxylation is 1. The van der Waals surface area contributed by atoms with Crippen LogP contribution in [0.4, 0.5) is 0 Å². The number of halogens is 1. The van der Waals surface area contributed by atoms with E-state index in [1.807, 2.05) is 23.4 Å². The monoisotopic (exact) mass is 267 g/mol. The predicted molar refractivity (Wildman–Crippen MR) is 70.8 cm³/mol. The highest BCUT2D eigenvalue weighted by Gasteiger charge is 2.07. The molecule has 0 fully saturated rings. The van der Waals surface area contributed by atoms with Gasteiger partial charge in [-0.3, -0.25) is 0 Å². The standard InChI is InChI=1S/C12H18ClN5/c1-10(2)18-9-14-6-12(18)8-17-7-11(15-16-17)4-3-5-13/h6-7,9-10H,3-5,8H2,1-2H3. The summed E-state index contributed by atoms with van der Waals surface area (Å²) in [5, 5.41) is 8.26. The van der Waals surface area contributed by atoms with Crippen molar-refractivity contribution in [2.45, 2.75) is 39.3 Å². The summed E-state index contributed by atoms with van der Waals surface area (Å²) in [6.45, 7) is 4.98. The molecule has 2 heterocycles. The second-order valence-electron chi connectivity index (χ2n) is 4.59. The van der Waals surface area contributed by atoms with Crippen LogP contribution in [0.3, 0.4) is 0 Å². The molecule has 0 aliphatic carbocycles. The normalized spacial score (nSPS) is 11.3. The average Bonchev–Trinajstić information content (AvgIpc) is 2.96. The van der Waals surface area contributed by atoms with Gasteiger partial charge in [0.25, 0.3) is 0 Å². The highest BCUT2D eigenvalue weighted by molar-refractivity contribution is 6.17. The number of alkyl halides is 1. The van der Waals surface area contributed by atoms with Crippen molar-refractivity contribution in [3.05, 3.63) is 30.1 Å². The van der Waals surface area contributed by atoms with Gasteiger partial charge < -0.3 is 4.57 Å². The number of aromatic nitrogens is 5. The zero-order valence-corrected chi connectivity index (χ0v) is 11.5. The lowest BCUT2D eigenvalue weighted by atomic mass is 10.3. The van der Waals surface area contributed by atoms with Crippen molar-refractivity contribution in [1.29, 1.82) is 0 Å². The van der Waals surface area contributed by atoms with E-state index >= 15 is 0 Å². The molecule has 98 valence electrons. The molecule has 0 bridgehead atoms. The van der Waals surface area contributed by atoms with E-state index in [9.17, 15) is 0 Å². The molecular weight excluding hydrogens is 250 g/mol. The Hall–Kier alpha value is -1.36. The third kappa shape index (κ3) is 3.10. The Morgan fingerprint density at radius 2 is 2.22 bits per heavy atom. The highest BCUT2D eigenvalue weighted by Crippen LogP contribution is 2.10. The molecule has 5 nitrogen and oxygen atoms in total. The first kappa shape index (κ1) is 13.1. The molecule has 2 rings (SSSR count). The molecule has 0 N–H and O–H groups in total. The fourth-order valence-corrected chi connectivity index (χ4v) is 2.00. The molecule has 0 saturated carbocycles. The van der Waals surface area contributed by atoms with Gasteiger partial charge in [0.1, 0.15) is 0 Å². The molecule has 0 aromatic carbocycles. The Kier molecular flexibility index (Phi) is 4.36. The van der Waals surface area contributed by atoms with Crippen molar-refractivity contribution < 1.29 is 0 Å². The molecular formula is C12H18ClN5. The Balaban J connectivity index is 2.04. The van der Waals surface area contributed by atoms with Crippen molar-refractivity contribution in [3.63, 3.8) is 0 Å². The van der Waals surface area contributed by atoms with Gasteiger partial charge in [-0.15, -0.1) is 16.7 Å². The Bertz CT molecular complexity index is 488. The molecule has 2 aromatic rings. The summed E-state index contributed by atoms with van der Waals surface area (Å²) >= 11 is 5.66. The maximum Gasteiger partial charge on any atom is 0.0951 e. The van der Waals surface area contributed by atoms with Crippen LogP contribution in [0.15, 0.2) is 18.7 Å². The lowest BCUT2D eigenvalue weighted by Crippen LogP contribution is -2.09. The van der Waals surface area contributed by atoms with Crippen molar-refractivity contribution in [2.24, 2.45) is 0 Å². The molecule has 0 amide bonds. The first-order chi connectivity index (χ1) is 8.70. The Morgan fingerprint density at radius 1 is 1.39 bits per heavy atom. The molecule has 0 spiro atoms. The molecule has 0 aliphatic rings. The Labute approximate surface area is 112 Å². The van der Waals surface area contributed by atoms with Crippen LogP contribution in [0.1, 0.15) is 37.7 Å². The topological polar surface area (TPSA) is 48.5 Å². The summed E-state index contributed by atoms with van der Waals surface area (Å²) in [6.07, 6.45) is 7.52. The van der Waals surface area contributed by atoms with Gasteiger partial charge >= 0.3 is 0 Å². The smallest absolute Gasteiger partial charge is 0.0951 e. The minimum Gasteiger partial charge on any atom is -0.330 e. The number of hydrogen-bond acceptors (Lipinski definition) is 3. The molecule has 18 heavy (non-hydrogen) atoms. The number of nitrogens with zero attached hydrogens (tertiary/aromatic N) is 5.